The van der Waals surface area contributed by atoms with Crippen molar-refractivity contribution >= 4 is 5.78 Å². The van der Waals surface area contributed by atoms with E-state index >= 15 is 0 Å². The zero-order chi connectivity index (χ0) is 15.1. The largest absolute Gasteiger partial charge is 0.497 e. The first kappa shape index (κ1) is 13.2. The molecule has 4 heteroatoms. The van der Waals surface area contributed by atoms with E-state index in [0.29, 0.717) is 0 Å². The van der Waals surface area contributed by atoms with Crippen molar-refractivity contribution in [3.05, 3.63) is 53.6 Å². The van der Waals surface area contributed by atoms with Crippen molar-refractivity contribution in [2.75, 3.05) is 13.9 Å². The second-order valence-electron chi connectivity index (χ2n) is 5.65. The standard InChI is InChI=1S/C18H16O4/c1-20-13-5-2-11(3-6-13)18(19)15-9-14(15)12-4-7-16-17(8-12)22-10-21-16/h2-8,14-15H,9-10H2,1H3/t14-,15+/m1/s1. The predicted octanol–water partition coefficient (Wildman–Crippen LogP) is 3.41. The highest BCUT2D eigenvalue weighted by Gasteiger charge is 2.44. The molecule has 2 aliphatic rings. The molecular weight excluding hydrogens is 280 g/mol. The van der Waals surface area contributed by atoms with E-state index in [9.17, 15) is 4.79 Å². The van der Waals surface area contributed by atoms with E-state index in [-0.39, 0.29) is 24.4 Å². The van der Waals surface area contributed by atoms with Crippen molar-refractivity contribution in [1.82, 2.24) is 0 Å². The first-order valence-electron chi connectivity index (χ1n) is 7.34. The van der Waals surface area contributed by atoms with Crippen LogP contribution in [0, 0.1) is 5.92 Å². The molecule has 22 heavy (non-hydrogen) atoms. The number of ketones is 1. The van der Waals surface area contributed by atoms with Gasteiger partial charge >= 0.3 is 0 Å². The Kier molecular flexibility index (Phi) is 3.03. The topological polar surface area (TPSA) is 44.8 Å². The molecule has 112 valence electrons. The van der Waals surface area contributed by atoms with Crippen LogP contribution < -0.4 is 14.2 Å². The summed E-state index contributed by atoms with van der Waals surface area (Å²) in [6, 6.07) is 13.3. The molecular formula is C18H16O4. The summed E-state index contributed by atoms with van der Waals surface area (Å²) in [5.41, 5.74) is 1.89. The van der Waals surface area contributed by atoms with Gasteiger partial charge in [0.15, 0.2) is 17.3 Å². The highest BCUT2D eigenvalue weighted by atomic mass is 16.7. The van der Waals surface area contributed by atoms with Crippen LogP contribution in [0.2, 0.25) is 0 Å². The highest BCUT2D eigenvalue weighted by molar-refractivity contribution is 6.00. The Morgan fingerprint density at radius 2 is 1.86 bits per heavy atom. The SMILES string of the molecule is COc1ccc(C(=O)[C@H]2C[C@@H]2c2ccc3c(c2)OCO3)cc1. The monoisotopic (exact) mass is 296 g/mol. The molecule has 2 aromatic carbocycles. The third kappa shape index (κ3) is 2.21. The first-order valence-corrected chi connectivity index (χ1v) is 7.34. The zero-order valence-corrected chi connectivity index (χ0v) is 12.2. The molecule has 1 aliphatic heterocycles. The number of rotatable bonds is 4. The Hall–Kier alpha value is -2.49. The molecule has 1 saturated carbocycles. The summed E-state index contributed by atoms with van der Waals surface area (Å²) in [7, 11) is 1.62. The molecule has 0 spiro atoms. The second kappa shape index (κ2) is 5.05. The average molecular weight is 296 g/mol. The number of methoxy groups -OCH3 is 1. The van der Waals surface area contributed by atoms with Gasteiger partial charge in [-0.25, -0.2) is 0 Å². The number of hydrogen-bond donors (Lipinski definition) is 0. The molecule has 0 amide bonds. The molecule has 0 aromatic heterocycles. The van der Waals surface area contributed by atoms with Crippen molar-refractivity contribution < 1.29 is 19.0 Å². The van der Waals surface area contributed by atoms with Gasteiger partial charge in [0.05, 0.1) is 7.11 Å². The van der Waals surface area contributed by atoms with Crippen molar-refractivity contribution in [3.8, 4) is 17.2 Å². The van der Waals surface area contributed by atoms with Crippen LogP contribution in [0.25, 0.3) is 0 Å². The van der Waals surface area contributed by atoms with Crippen LogP contribution in [0.3, 0.4) is 0 Å². The lowest BCUT2D eigenvalue weighted by Gasteiger charge is -2.04. The minimum atomic E-state index is 0.0637. The summed E-state index contributed by atoms with van der Waals surface area (Å²) in [5.74, 6) is 2.87. The quantitative estimate of drug-likeness (QED) is 0.811. The Balaban J connectivity index is 1.50. The summed E-state index contributed by atoms with van der Waals surface area (Å²) >= 11 is 0. The van der Waals surface area contributed by atoms with Crippen molar-refractivity contribution in [1.29, 1.82) is 0 Å². The van der Waals surface area contributed by atoms with Crippen LogP contribution in [0.1, 0.15) is 28.3 Å². The maximum Gasteiger partial charge on any atom is 0.231 e. The third-order valence-corrected chi connectivity index (χ3v) is 4.33. The molecule has 4 rings (SSSR count). The number of carbonyl (C=O) groups excluding carboxylic acids is 1. The Morgan fingerprint density at radius 1 is 1.09 bits per heavy atom. The van der Waals surface area contributed by atoms with Gasteiger partial charge in [-0.3, -0.25) is 4.79 Å². The summed E-state index contributed by atoms with van der Waals surface area (Å²) in [6.07, 6.45) is 0.893. The summed E-state index contributed by atoms with van der Waals surface area (Å²) in [5, 5.41) is 0. The van der Waals surface area contributed by atoms with Gasteiger partial charge < -0.3 is 14.2 Å². The van der Waals surface area contributed by atoms with Gasteiger partial charge in [0.1, 0.15) is 5.75 Å². The van der Waals surface area contributed by atoms with E-state index in [1.54, 1.807) is 7.11 Å². The Bertz CT molecular complexity index is 720. The lowest BCUT2D eigenvalue weighted by molar-refractivity contribution is 0.0965. The number of benzene rings is 2. The van der Waals surface area contributed by atoms with E-state index in [1.807, 2.05) is 42.5 Å². The van der Waals surface area contributed by atoms with Gasteiger partial charge in [0.2, 0.25) is 6.79 Å². The number of hydrogen-bond acceptors (Lipinski definition) is 4. The van der Waals surface area contributed by atoms with E-state index < -0.39 is 0 Å². The number of carbonyl (C=O) groups is 1. The molecule has 2 aromatic rings. The van der Waals surface area contributed by atoms with Crippen LogP contribution in [0.4, 0.5) is 0 Å². The van der Waals surface area contributed by atoms with Crippen LogP contribution >= 0.6 is 0 Å². The minimum absolute atomic E-state index is 0.0637. The van der Waals surface area contributed by atoms with E-state index in [2.05, 4.69) is 0 Å². The van der Waals surface area contributed by atoms with Gasteiger partial charge in [0.25, 0.3) is 0 Å². The third-order valence-electron chi connectivity index (χ3n) is 4.33. The molecule has 2 atom stereocenters. The molecule has 1 aliphatic carbocycles. The minimum Gasteiger partial charge on any atom is -0.497 e. The van der Waals surface area contributed by atoms with Gasteiger partial charge in [-0.1, -0.05) is 6.07 Å². The van der Waals surface area contributed by atoms with E-state index in [4.69, 9.17) is 14.2 Å². The normalized spacial score (nSPS) is 21.5. The Morgan fingerprint density at radius 3 is 2.64 bits per heavy atom. The van der Waals surface area contributed by atoms with Gasteiger partial charge in [-0.15, -0.1) is 0 Å². The smallest absolute Gasteiger partial charge is 0.231 e. The van der Waals surface area contributed by atoms with Crippen molar-refractivity contribution in [3.63, 3.8) is 0 Å². The fraction of sp³-hybridized carbons (Fsp3) is 0.278. The van der Waals surface area contributed by atoms with Crippen molar-refractivity contribution in [2.24, 2.45) is 5.92 Å². The summed E-state index contributed by atoms with van der Waals surface area (Å²) in [6.45, 7) is 0.275. The number of Topliss-reactive ketones (excluding diaryl/α,β-unsaturated/α-hetero) is 1. The van der Waals surface area contributed by atoms with Crippen LogP contribution in [0.5, 0.6) is 17.2 Å². The maximum atomic E-state index is 12.5. The fourth-order valence-electron chi connectivity index (χ4n) is 2.97. The van der Waals surface area contributed by atoms with Crippen LogP contribution in [-0.2, 0) is 0 Å². The molecule has 0 saturated heterocycles. The van der Waals surface area contributed by atoms with Gasteiger partial charge in [-0.05, 0) is 54.3 Å². The first-order chi connectivity index (χ1) is 10.8. The molecule has 0 radical (unpaired) electrons. The predicted molar refractivity (Wildman–Crippen MR) is 80.7 cm³/mol. The summed E-state index contributed by atoms with van der Waals surface area (Å²) in [4.78, 5) is 12.5. The van der Waals surface area contributed by atoms with Gasteiger partial charge in [-0.2, -0.15) is 0 Å². The fourth-order valence-corrected chi connectivity index (χ4v) is 2.97. The molecule has 4 nitrogen and oxygen atoms in total. The molecule has 1 fully saturated rings. The average Bonchev–Trinajstić information content (AvgIpc) is 3.23. The molecule has 0 unspecified atom stereocenters. The molecule has 1 heterocycles. The second-order valence-corrected chi connectivity index (χ2v) is 5.65. The van der Waals surface area contributed by atoms with Gasteiger partial charge in [0, 0.05) is 11.5 Å². The highest BCUT2D eigenvalue weighted by Crippen LogP contribution is 2.51. The maximum absolute atomic E-state index is 12.5. The summed E-state index contributed by atoms with van der Waals surface area (Å²) < 4.78 is 15.8. The van der Waals surface area contributed by atoms with Crippen molar-refractivity contribution in [2.45, 2.75) is 12.3 Å². The Labute approximate surface area is 128 Å². The molecule has 0 N–H and O–H groups in total. The zero-order valence-electron chi connectivity index (χ0n) is 12.2. The molecule has 0 bridgehead atoms. The lowest BCUT2D eigenvalue weighted by atomic mass is 10.0. The van der Waals surface area contributed by atoms with Crippen LogP contribution in [-0.4, -0.2) is 19.7 Å². The number of ether oxygens (including phenoxy) is 3. The lowest BCUT2D eigenvalue weighted by Crippen LogP contribution is -2.03. The van der Waals surface area contributed by atoms with Crippen LogP contribution in [0.15, 0.2) is 42.5 Å². The van der Waals surface area contributed by atoms with E-state index in [1.165, 1.54) is 0 Å². The number of fused-ring (bicyclic) bond motifs is 1. The van der Waals surface area contributed by atoms with E-state index in [0.717, 1.165) is 34.8 Å².